The Morgan fingerprint density at radius 1 is 1.67 bits per heavy atom. The fourth-order valence-corrected chi connectivity index (χ4v) is 2.18. The molecule has 12 heavy (non-hydrogen) atoms. The Labute approximate surface area is 78.8 Å². The van der Waals surface area contributed by atoms with Crippen molar-refractivity contribution >= 4 is 28.6 Å². The van der Waals surface area contributed by atoms with E-state index in [-0.39, 0.29) is 12.8 Å². The van der Waals surface area contributed by atoms with E-state index in [2.05, 4.69) is 0 Å². The van der Waals surface area contributed by atoms with Crippen LogP contribution in [-0.4, -0.2) is 22.7 Å². The van der Waals surface area contributed by atoms with E-state index >= 15 is 0 Å². The summed E-state index contributed by atoms with van der Waals surface area (Å²) < 4.78 is 24.6. The Balaban J connectivity index is 1.94. The van der Waals surface area contributed by atoms with Crippen molar-refractivity contribution in [2.45, 2.75) is 18.8 Å². The summed E-state index contributed by atoms with van der Waals surface area (Å²) >= 11 is 6.43. The number of carbonyl (C=O) groups is 1. The van der Waals surface area contributed by atoms with Gasteiger partial charge in [0, 0.05) is 30.3 Å². The van der Waals surface area contributed by atoms with E-state index in [1.54, 1.807) is 0 Å². The van der Waals surface area contributed by atoms with Gasteiger partial charge in [0.05, 0.1) is 0 Å². The Morgan fingerprint density at radius 2 is 2.25 bits per heavy atom. The van der Waals surface area contributed by atoms with Gasteiger partial charge in [0.1, 0.15) is 0 Å². The Morgan fingerprint density at radius 3 is 2.67 bits per heavy atom. The molecule has 1 rings (SSSR count). The molecule has 5 heteroatoms. The summed E-state index contributed by atoms with van der Waals surface area (Å²) in [6.45, 7) is 0. The first-order valence-electron chi connectivity index (χ1n) is 3.66. The standard InChI is InChI=1S/C7H9ClF2OS/c8-6(11)1-2-12-4-5-3-7(5,9)10/h5H,1-4H2. The minimum Gasteiger partial charge on any atom is -0.281 e. The van der Waals surface area contributed by atoms with Crippen molar-refractivity contribution in [1.29, 1.82) is 0 Å². The van der Waals surface area contributed by atoms with E-state index in [1.807, 2.05) is 0 Å². The highest BCUT2D eigenvalue weighted by molar-refractivity contribution is 7.99. The summed E-state index contributed by atoms with van der Waals surface area (Å²) in [4.78, 5) is 10.2. The molecule has 0 saturated heterocycles. The summed E-state index contributed by atoms with van der Waals surface area (Å²) in [6.07, 6.45) is 0.277. The van der Waals surface area contributed by atoms with Crippen LogP contribution in [-0.2, 0) is 4.79 Å². The fourth-order valence-electron chi connectivity index (χ4n) is 0.828. The molecule has 1 aliphatic rings. The van der Waals surface area contributed by atoms with Crippen molar-refractivity contribution in [3.8, 4) is 0 Å². The van der Waals surface area contributed by atoms with Gasteiger partial charge >= 0.3 is 0 Å². The van der Waals surface area contributed by atoms with Crippen LogP contribution >= 0.6 is 23.4 Å². The molecule has 1 nitrogen and oxygen atoms in total. The first kappa shape index (κ1) is 10.3. The average Bonchev–Trinajstić information content (AvgIpc) is 2.51. The molecule has 1 saturated carbocycles. The van der Waals surface area contributed by atoms with Crippen LogP contribution < -0.4 is 0 Å². The molecule has 0 aromatic rings. The minimum absolute atomic E-state index is 0.00875. The third-order valence-electron chi connectivity index (χ3n) is 1.72. The van der Waals surface area contributed by atoms with Crippen molar-refractivity contribution in [2.75, 3.05) is 11.5 Å². The van der Waals surface area contributed by atoms with Gasteiger partial charge in [0.2, 0.25) is 5.24 Å². The van der Waals surface area contributed by atoms with Crippen molar-refractivity contribution in [1.82, 2.24) is 0 Å². The summed E-state index contributed by atoms with van der Waals surface area (Å²) in [5.74, 6) is -1.91. The molecular formula is C7H9ClF2OS. The largest absolute Gasteiger partial charge is 0.281 e. The molecule has 0 aromatic heterocycles. The lowest BCUT2D eigenvalue weighted by atomic mass is 10.5. The number of thioether (sulfide) groups is 1. The molecule has 0 N–H and O–H groups in total. The van der Waals surface area contributed by atoms with Crippen LogP contribution in [0.25, 0.3) is 0 Å². The van der Waals surface area contributed by atoms with E-state index in [9.17, 15) is 13.6 Å². The number of hydrogen-bond donors (Lipinski definition) is 0. The minimum atomic E-state index is -2.43. The second-order valence-corrected chi connectivity index (χ2v) is 4.41. The van der Waals surface area contributed by atoms with Gasteiger partial charge in [-0.15, -0.1) is 0 Å². The number of hydrogen-bond acceptors (Lipinski definition) is 2. The molecule has 1 atom stereocenters. The van der Waals surface area contributed by atoms with E-state index in [4.69, 9.17) is 11.6 Å². The molecule has 1 unspecified atom stereocenters. The topological polar surface area (TPSA) is 17.1 Å². The van der Waals surface area contributed by atoms with Crippen molar-refractivity contribution in [2.24, 2.45) is 5.92 Å². The zero-order valence-corrected chi connectivity index (χ0v) is 7.93. The highest BCUT2D eigenvalue weighted by Gasteiger charge is 2.56. The lowest BCUT2D eigenvalue weighted by Gasteiger charge is -1.97. The Hall–Kier alpha value is 0.170. The van der Waals surface area contributed by atoms with Crippen molar-refractivity contribution < 1.29 is 13.6 Å². The maximum Gasteiger partial charge on any atom is 0.252 e. The van der Waals surface area contributed by atoms with Gasteiger partial charge in [-0.1, -0.05) is 0 Å². The van der Waals surface area contributed by atoms with Gasteiger partial charge < -0.3 is 0 Å². The lowest BCUT2D eigenvalue weighted by Crippen LogP contribution is -1.97. The number of rotatable bonds is 5. The first-order valence-corrected chi connectivity index (χ1v) is 5.19. The normalized spacial score (nSPS) is 25.4. The van der Waals surface area contributed by atoms with Gasteiger partial charge in [-0.05, 0) is 11.6 Å². The molecule has 1 aliphatic carbocycles. The maximum absolute atomic E-state index is 12.3. The van der Waals surface area contributed by atoms with E-state index in [0.29, 0.717) is 11.5 Å². The second kappa shape index (κ2) is 3.92. The van der Waals surface area contributed by atoms with Gasteiger partial charge in [0.25, 0.3) is 5.92 Å². The third kappa shape index (κ3) is 3.27. The van der Waals surface area contributed by atoms with Crippen LogP contribution in [0, 0.1) is 5.92 Å². The Bertz CT molecular complexity index is 186. The molecule has 0 amide bonds. The monoisotopic (exact) mass is 214 g/mol. The molecule has 1 fully saturated rings. The van der Waals surface area contributed by atoms with Crippen LogP contribution in [0.15, 0.2) is 0 Å². The van der Waals surface area contributed by atoms with Crippen molar-refractivity contribution in [3.05, 3.63) is 0 Å². The second-order valence-electron chi connectivity index (χ2n) is 2.84. The van der Waals surface area contributed by atoms with Gasteiger partial charge in [-0.3, -0.25) is 4.79 Å². The van der Waals surface area contributed by atoms with E-state index in [0.717, 1.165) is 0 Å². The van der Waals surface area contributed by atoms with Crippen LogP contribution in [0.5, 0.6) is 0 Å². The van der Waals surface area contributed by atoms with Crippen LogP contribution in [0.4, 0.5) is 8.78 Å². The third-order valence-corrected chi connectivity index (χ3v) is 3.04. The Kier molecular flexibility index (Phi) is 3.35. The highest BCUT2D eigenvalue weighted by atomic mass is 35.5. The van der Waals surface area contributed by atoms with Crippen LogP contribution in [0.2, 0.25) is 0 Å². The molecule has 0 bridgehead atoms. The molecular weight excluding hydrogens is 206 g/mol. The molecule has 0 heterocycles. The number of carbonyl (C=O) groups excluding carboxylic acids is 1. The molecule has 0 spiro atoms. The van der Waals surface area contributed by atoms with Gasteiger partial charge in [-0.2, -0.15) is 11.8 Å². The quantitative estimate of drug-likeness (QED) is 0.517. The zero-order valence-electron chi connectivity index (χ0n) is 6.36. The summed E-state index contributed by atoms with van der Waals surface area (Å²) in [5, 5.41) is -0.398. The lowest BCUT2D eigenvalue weighted by molar-refractivity contribution is -0.111. The first-order chi connectivity index (χ1) is 5.52. The zero-order chi connectivity index (χ0) is 9.19. The fraction of sp³-hybridized carbons (Fsp3) is 0.857. The SMILES string of the molecule is O=C(Cl)CCSCC1CC1(F)F. The van der Waals surface area contributed by atoms with Crippen LogP contribution in [0.3, 0.4) is 0 Å². The summed E-state index contributed by atoms with van der Waals surface area (Å²) in [7, 11) is 0. The summed E-state index contributed by atoms with van der Waals surface area (Å²) in [6, 6.07) is 0. The molecule has 0 aromatic carbocycles. The van der Waals surface area contributed by atoms with Gasteiger partial charge in [0.15, 0.2) is 0 Å². The van der Waals surface area contributed by atoms with Gasteiger partial charge in [-0.25, -0.2) is 8.78 Å². The number of alkyl halides is 2. The van der Waals surface area contributed by atoms with E-state index < -0.39 is 17.1 Å². The predicted octanol–water partition coefficient (Wildman–Crippen LogP) is 2.53. The summed E-state index contributed by atoms with van der Waals surface area (Å²) in [5.41, 5.74) is 0. The van der Waals surface area contributed by atoms with Crippen molar-refractivity contribution in [3.63, 3.8) is 0 Å². The predicted molar refractivity (Wildman–Crippen MR) is 45.9 cm³/mol. The molecule has 0 radical (unpaired) electrons. The highest BCUT2D eigenvalue weighted by Crippen LogP contribution is 2.50. The number of halogens is 3. The van der Waals surface area contributed by atoms with E-state index in [1.165, 1.54) is 11.8 Å². The van der Waals surface area contributed by atoms with Crippen LogP contribution in [0.1, 0.15) is 12.8 Å². The molecule has 0 aliphatic heterocycles. The maximum atomic E-state index is 12.3. The molecule has 70 valence electrons. The average molecular weight is 215 g/mol. The smallest absolute Gasteiger partial charge is 0.252 e.